The van der Waals surface area contributed by atoms with E-state index in [1.807, 2.05) is 12.1 Å². The lowest BCUT2D eigenvalue weighted by atomic mass is 10.1. The van der Waals surface area contributed by atoms with Crippen LogP contribution in [0.15, 0.2) is 86.8 Å². The third kappa shape index (κ3) is 4.78. The number of benzene rings is 2. The SMILES string of the molecule is COc1ccccc1-c1cc(CN(Cc2ccco2)S(=O)(=O)c2ccc([N+](=O)[O-])cc2)no1. The van der Waals surface area contributed by atoms with Crippen LogP contribution in [-0.4, -0.2) is 29.9 Å². The molecule has 4 rings (SSSR count). The molecule has 0 aliphatic carbocycles. The van der Waals surface area contributed by atoms with Crippen LogP contribution in [-0.2, 0) is 23.1 Å². The van der Waals surface area contributed by atoms with Crippen molar-refractivity contribution >= 4 is 15.7 Å². The number of hydrogen-bond acceptors (Lipinski definition) is 8. The van der Waals surface area contributed by atoms with Crippen molar-refractivity contribution in [1.29, 1.82) is 0 Å². The predicted octanol–water partition coefficient (Wildman–Crippen LogP) is 4.24. The van der Waals surface area contributed by atoms with Crippen LogP contribution in [0.1, 0.15) is 11.5 Å². The molecule has 10 nitrogen and oxygen atoms in total. The second-order valence-corrected chi connectivity index (χ2v) is 8.92. The molecule has 0 saturated heterocycles. The Kier molecular flexibility index (Phi) is 6.24. The number of nitro groups is 1. The minimum absolute atomic E-state index is 0.0663. The van der Waals surface area contributed by atoms with Crippen LogP contribution in [0.3, 0.4) is 0 Å². The predicted molar refractivity (Wildman–Crippen MR) is 117 cm³/mol. The molecule has 2 aromatic heterocycles. The Hall–Kier alpha value is -3.96. The highest BCUT2D eigenvalue weighted by Gasteiger charge is 2.28. The van der Waals surface area contributed by atoms with E-state index in [0.717, 1.165) is 16.4 Å². The summed E-state index contributed by atoms with van der Waals surface area (Å²) < 4.78 is 44.0. The molecular weight excluding hydrogens is 450 g/mol. The third-order valence-corrected chi connectivity index (χ3v) is 6.67. The molecule has 0 fully saturated rings. The monoisotopic (exact) mass is 469 g/mol. The summed E-state index contributed by atoms with van der Waals surface area (Å²) in [6, 6.07) is 16.9. The van der Waals surface area contributed by atoms with E-state index in [-0.39, 0.29) is 23.7 Å². The number of sulfonamides is 1. The molecule has 0 aliphatic rings. The fourth-order valence-corrected chi connectivity index (χ4v) is 4.61. The molecule has 0 bridgehead atoms. The topological polar surface area (TPSA) is 129 Å². The van der Waals surface area contributed by atoms with E-state index in [2.05, 4.69) is 5.16 Å². The average molecular weight is 469 g/mol. The lowest BCUT2D eigenvalue weighted by Gasteiger charge is -2.20. The third-order valence-electron chi connectivity index (χ3n) is 4.87. The van der Waals surface area contributed by atoms with E-state index in [1.54, 1.807) is 30.3 Å². The average Bonchev–Trinajstić information content (AvgIpc) is 3.51. The molecule has 0 saturated carbocycles. The van der Waals surface area contributed by atoms with Crippen molar-refractivity contribution in [3.8, 4) is 17.1 Å². The fraction of sp³-hybridized carbons (Fsp3) is 0.136. The summed E-state index contributed by atoms with van der Waals surface area (Å²) in [5, 5.41) is 14.9. The van der Waals surface area contributed by atoms with Gasteiger partial charge in [0.2, 0.25) is 10.0 Å². The van der Waals surface area contributed by atoms with Crippen LogP contribution in [0.25, 0.3) is 11.3 Å². The Morgan fingerprint density at radius 3 is 2.48 bits per heavy atom. The molecule has 0 unspecified atom stereocenters. The van der Waals surface area contributed by atoms with Gasteiger partial charge >= 0.3 is 0 Å². The molecule has 0 N–H and O–H groups in total. The minimum Gasteiger partial charge on any atom is -0.496 e. The lowest BCUT2D eigenvalue weighted by Crippen LogP contribution is -2.30. The maximum absolute atomic E-state index is 13.4. The van der Waals surface area contributed by atoms with Gasteiger partial charge in [-0.15, -0.1) is 0 Å². The summed E-state index contributed by atoms with van der Waals surface area (Å²) in [6.45, 7) is -0.179. The molecule has 4 aromatic rings. The smallest absolute Gasteiger partial charge is 0.269 e. The van der Waals surface area contributed by atoms with Crippen molar-refractivity contribution in [2.75, 3.05) is 7.11 Å². The first kappa shape index (κ1) is 22.2. The highest BCUT2D eigenvalue weighted by atomic mass is 32.2. The summed E-state index contributed by atoms with van der Waals surface area (Å²) in [7, 11) is -2.50. The number of furan rings is 1. The summed E-state index contributed by atoms with van der Waals surface area (Å²) in [5.74, 6) is 1.44. The number of aromatic nitrogens is 1. The van der Waals surface area contributed by atoms with Gasteiger partial charge in [0.05, 0.1) is 47.5 Å². The van der Waals surface area contributed by atoms with Crippen LogP contribution < -0.4 is 4.74 Å². The van der Waals surface area contributed by atoms with Crippen LogP contribution in [0.4, 0.5) is 5.69 Å². The number of hydrogen-bond donors (Lipinski definition) is 0. The quantitative estimate of drug-likeness (QED) is 0.263. The molecule has 2 heterocycles. The van der Waals surface area contributed by atoms with Gasteiger partial charge in [0.25, 0.3) is 5.69 Å². The second-order valence-electron chi connectivity index (χ2n) is 6.99. The Morgan fingerprint density at radius 1 is 1.06 bits per heavy atom. The van der Waals surface area contributed by atoms with Crippen LogP contribution in [0, 0.1) is 10.1 Å². The summed E-state index contributed by atoms with van der Waals surface area (Å²) >= 11 is 0. The van der Waals surface area contributed by atoms with E-state index in [9.17, 15) is 18.5 Å². The Bertz CT molecular complexity index is 1350. The van der Waals surface area contributed by atoms with Gasteiger partial charge in [-0.3, -0.25) is 10.1 Å². The molecule has 0 radical (unpaired) electrons. The number of nitrogens with zero attached hydrogens (tertiary/aromatic N) is 3. The van der Waals surface area contributed by atoms with Gasteiger partial charge in [0.15, 0.2) is 5.76 Å². The fourth-order valence-electron chi connectivity index (χ4n) is 3.23. The van der Waals surface area contributed by atoms with Gasteiger partial charge in [0, 0.05) is 18.2 Å². The van der Waals surface area contributed by atoms with Crippen LogP contribution in [0.2, 0.25) is 0 Å². The van der Waals surface area contributed by atoms with E-state index in [0.29, 0.717) is 28.5 Å². The van der Waals surface area contributed by atoms with Crippen molar-refractivity contribution in [1.82, 2.24) is 9.46 Å². The van der Waals surface area contributed by atoms with E-state index >= 15 is 0 Å². The maximum atomic E-state index is 13.4. The minimum atomic E-state index is -4.04. The normalized spacial score (nSPS) is 11.6. The first-order chi connectivity index (χ1) is 15.9. The summed E-state index contributed by atoms with van der Waals surface area (Å²) in [6.07, 6.45) is 1.45. The second kappa shape index (κ2) is 9.27. The Labute approximate surface area is 189 Å². The van der Waals surface area contributed by atoms with Gasteiger partial charge in [-0.25, -0.2) is 8.42 Å². The van der Waals surface area contributed by atoms with Crippen molar-refractivity contribution in [3.63, 3.8) is 0 Å². The molecular formula is C22H19N3O7S. The number of methoxy groups -OCH3 is 1. The molecule has 0 spiro atoms. The largest absolute Gasteiger partial charge is 0.496 e. The van der Waals surface area contributed by atoms with Crippen molar-refractivity contribution in [3.05, 3.63) is 94.6 Å². The Balaban J connectivity index is 1.65. The van der Waals surface area contributed by atoms with E-state index in [1.165, 1.54) is 25.5 Å². The van der Waals surface area contributed by atoms with Gasteiger partial charge in [-0.1, -0.05) is 17.3 Å². The number of rotatable bonds is 9. The first-order valence-corrected chi connectivity index (χ1v) is 11.2. The summed E-state index contributed by atoms with van der Waals surface area (Å²) in [5.41, 5.74) is 0.840. The van der Waals surface area contributed by atoms with E-state index in [4.69, 9.17) is 13.7 Å². The van der Waals surface area contributed by atoms with E-state index < -0.39 is 14.9 Å². The zero-order valence-electron chi connectivity index (χ0n) is 17.5. The van der Waals surface area contributed by atoms with Crippen molar-refractivity contribution < 1.29 is 27.0 Å². The number of para-hydroxylation sites is 1. The molecule has 170 valence electrons. The molecule has 0 atom stereocenters. The highest BCUT2D eigenvalue weighted by Crippen LogP contribution is 2.31. The van der Waals surface area contributed by atoms with Crippen LogP contribution in [0.5, 0.6) is 5.75 Å². The Morgan fingerprint density at radius 2 is 1.82 bits per heavy atom. The standard InChI is InChI=1S/C22H19N3O7S/c1-30-21-7-3-2-6-20(21)22-13-16(23-32-22)14-24(15-18-5-4-12-31-18)33(28,29)19-10-8-17(9-11-19)25(26)27/h2-13H,14-15H2,1H3. The molecule has 0 aliphatic heterocycles. The first-order valence-electron chi connectivity index (χ1n) is 9.74. The number of nitro benzene ring substituents is 1. The zero-order valence-corrected chi connectivity index (χ0v) is 18.3. The van der Waals surface area contributed by atoms with Crippen LogP contribution >= 0.6 is 0 Å². The maximum Gasteiger partial charge on any atom is 0.269 e. The van der Waals surface area contributed by atoms with Gasteiger partial charge in [-0.2, -0.15) is 4.31 Å². The number of non-ortho nitro benzene ring substituents is 1. The number of ether oxygens (including phenoxy) is 1. The van der Waals surface area contributed by atoms with Gasteiger partial charge in [0.1, 0.15) is 11.5 Å². The van der Waals surface area contributed by atoms with Crippen molar-refractivity contribution in [2.24, 2.45) is 0 Å². The molecule has 33 heavy (non-hydrogen) atoms. The summed E-state index contributed by atoms with van der Waals surface area (Å²) in [4.78, 5) is 10.2. The lowest BCUT2D eigenvalue weighted by molar-refractivity contribution is -0.384. The molecule has 11 heteroatoms. The molecule has 2 aromatic carbocycles. The van der Waals surface area contributed by atoms with Crippen molar-refractivity contribution in [2.45, 2.75) is 18.0 Å². The molecule has 0 amide bonds. The van der Waals surface area contributed by atoms with Gasteiger partial charge in [-0.05, 0) is 36.4 Å². The zero-order chi connectivity index (χ0) is 23.4. The van der Waals surface area contributed by atoms with Gasteiger partial charge < -0.3 is 13.7 Å². The highest BCUT2D eigenvalue weighted by molar-refractivity contribution is 7.89.